The van der Waals surface area contributed by atoms with Crippen LogP contribution in [0, 0.1) is 0 Å². The maximum atomic E-state index is 12.3. The van der Waals surface area contributed by atoms with E-state index in [4.69, 9.17) is 4.52 Å². The maximum absolute atomic E-state index is 12.3. The fourth-order valence-corrected chi connectivity index (χ4v) is 3.65. The number of carbonyl (C=O) groups excluding carboxylic acids is 2. The smallest absolute Gasteiger partial charge is 0.238 e. The van der Waals surface area contributed by atoms with Gasteiger partial charge in [-0.05, 0) is 37.1 Å². The summed E-state index contributed by atoms with van der Waals surface area (Å²) in [5, 5.41) is 9.92. The van der Waals surface area contributed by atoms with Crippen LogP contribution in [0.3, 0.4) is 0 Å². The van der Waals surface area contributed by atoms with Gasteiger partial charge in [0, 0.05) is 55.6 Å². The summed E-state index contributed by atoms with van der Waals surface area (Å²) < 4.78 is 5.24. The second-order valence-electron chi connectivity index (χ2n) is 7.79. The van der Waals surface area contributed by atoms with E-state index < -0.39 is 0 Å². The highest BCUT2D eigenvalue weighted by molar-refractivity contribution is 5.92. The van der Waals surface area contributed by atoms with Gasteiger partial charge in [0.05, 0.1) is 6.54 Å². The summed E-state index contributed by atoms with van der Waals surface area (Å²) in [7, 11) is 0. The molecule has 3 heterocycles. The molecular formula is C23H26N6O3. The standard InChI is InChI=1S/C23H26N6O3/c30-20(8-9-22-27-23(28-32-22)17-5-4-12-24-15-17)25-19-10-13-29(14-11-19)16-21(31)26-18-6-2-1-3-7-18/h1-7,12,15,19H,8-11,13-14,16H2,(H,25,30)(H,26,31). The molecule has 1 aromatic carbocycles. The molecule has 0 bridgehead atoms. The molecule has 2 amide bonds. The van der Waals surface area contributed by atoms with Gasteiger partial charge in [0.1, 0.15) is 0 Å². The number of anilines is 1. The van der Waals surface area contributed by atoms with Crippen LogP contribution in [0.5, 0.6) is 0 Å². The Balaban J connectivity index is 1.15. The molecule has 0 unspecified atom stereocenters. The highest BCUT2D eigenvalue weighted by Crippen LogP contribution is 2.15. The van der Waals surface area contributed by atoms with Gasteiger partial charge in [-0.2, -0.15) is 4.98 Å². The van der Waals surface area contributed by atoms with Crippen LogP contribution < -0.4 is 10.6 Å². The molecule has 3 aromatic rings. The van der Waals surface area contributed by atoms with E-state index in [0.717, 1.165) is 37.2 Å². The molecule has 32 heavy (non-hydrogen) atoms. The number of hydrogen-bond acceptors (Lipinski definition) is 7. The Morgan fingerprint density at radius 1 is 1.06 bits per heavy atom. The summed E-state index contributed by atoms with van der Waals surface area (Å²) in [6.07, 6.45) is 5.65. The molecule has 0 aliphatic carbocycles. The number of rotatable bonds is 8. The third-order valence-corrected chi connectivity index (χ3v) is 5.33. The van der Waals surface area contributed by atoms with Crippen molar-refractivity contribution >= 4 is 17.5 Å². The van der Waals surface area contributed by atoms with Crippen molar-refractivity contribution in [2.75, 3.05) is 25.0 Å². The van der Waals surface area contributed by atoms with E-state index in [9.17, 15) is 9.59 Å². The largest absolute Gasteiger partial charge is 0.353 e. The zero-order valence-corrected chi connectivity index (χ0v) is 17.7. The minimum absolute atomic E-state index is 0.0242. The first-order valence-corrected chi connectivity index (χ1v) is 10.8. The summed E-state index contributed by atoms with van der Waals surface area (Å²) in [5.74, 6) is 0.839. The van der Waals surface area contributed by atoms with E-state index in [1.807, 2.05) is 36.4 Å². The van der Waals surface area contributed by atoms with E-state index >= 15 is 0 Å². The molecule has 1 aliphatic heterocycles. The Hall–Kier alpha value is -3.59. The van der Waals surface area contributed by atoms with Crippen LogP contribution in [0.4, 0.5) is 5.69 Å². The van der Waals surface area contributed by atoms with E-state index in [1.54, 1.807) is 18.5 Å². The lowest BCUT2D eigenvalue weighted by Gasteiger charge is -2.31. The fraction of sp³-hybridized carbons (Fsp3) is 0.348. The second-order valence-corrected chi connectivity index (χ2v) is 7.79. The summed E-state index contributed by atoms with van der Waals surface area (Å²) in [6.45, 7) is 1.89. The normalized spacial score (nSPS) is 14.8. The molecule has 2 aromatic heterocycles. The lowest BCUT2D eigenvalue weighted by molar-refractivity contribution is -0.122. The number of para-hydroxylation sites is 1. The Bertz CT molecular complexity index is 1020. The van der Waals surface area contributed by atoms with E-state index in [0.29, 0.717) is 24.7 Å². The Kier molecular flexibility index (Phi) is 7.19. The molecule has 0 saturated carbocycles. The molecule has 1 fully saturated rings. The zero-order chi connectivity index (χ0) is 22.2. The van der Waals surface area contributed by atoms with Crippen molar-refractivity contribution < 1.29 is 14.1 Å². The topological polar surface area (TPSA) is 113 Å². The van der Waals surface area contributed by atoms with Gasteiger partial charge in [-0.15, -0.1) is 0 Å². The predicted molar refractivity (Wildman–Crippen MR) is 119 cm³/mol. The summed E-state index contributed by atoms with van der Waals surface area (Å²) in [6, 6.07) is 13.2. The van der Waals surface area contributed by atoms with Crippen molar-refractivity contribution in [1.29, 1.82) is 0 Å². The Morgan fingerprint density at radius 2 is 1.88 bits per heavy atom. The first-order chi connectivity index (χ1) is 15.7. The molecule has 166 valence electrons. The van der Waals surface area contributed by atoms with Crippen LogP contribution >= 0.6 is 0 Å². The molecule has 0 radical (unpaired) electrons. The predicted octanol–water partition coefficient (Wildman–Crippen LogP) is 2.28. The van der Waals surface area contributed by atoms with Gasteiger partial charge in [0.15, 0.2) is 0 Å². The quantitative estimate of drug-likeness (QED) is 0.559. The molecule has 4 rings (SSSR count). The van der Waals surface area contributed by atoms with Gasteiger partial charge in [0.2, 0.25) is 23.5 Å². The minimum atomic E-state index is -0.0357. The number of nitrogens with zero attached hydrogens (tertiary/aromatic N) is 4. The average Bonchev–Trinajstić information content (AvgIpc) is 3.29. The second kappa shape index (κ2) is 10.6. The number of likely N-dealkylation sites (tertiary alicyclic amines) is 1. The first-order valence-electron chi connectivity index (χ1n) is 10.8. The molecule has 9 nitrogen and oxygen atoms in total. The van der Waals surface area contributed by atoms with Gasteiger partial charge in [0.25, 0.3) is 0 Å². The van der Waals surface area contributed by atoms with Crippen molar-refractivity contribution in [3.05, 3.63) is 60.7 Å². The third kappa shape index (κ3) is 6.21. The number of amides is 2. The third-order valence-electron chi connectivity index (χ3n) is 5.33. The van der Waals surface area contributed by atoms with E-state index in [-0.39, 0.29) is 24.3 Å². The Morgan fingerprint density at radius 3 is 2.62 bits per heavy atom. The van der Waals surface area contributed by atoms with Crippen molar-refractivity contribution in [1.82, 2.24) is 25.3 Å². The maximum Gasteiger partial charge on any atom is 0.238 e. The van der Waals surface area contributed by atoms with Gasteiger partial charge < -0.3 is 15.2 Å². The number of piperidine rings is 1. The lowest BCUT2D eigenvalue weighted by Crippen LogP contribution is -2.46. The summed E-state index contributed by atoms with van der Waals surface area (Å²) in [4.78, 5) is 35.0. The number of nitrogens with one attached hydrogen (secondary N) is 2. The number of aryl methyl sites for hydroxylation is 1. The number of benzene rings is 1. The van der Waals surface area contributed by atoms with Crippen LogP contribution in [0.1, 0.15) is 25.2 Å². The number of aromatic nitrogens is 3. The van der Waals surface area contributed by atoms with Gasteiger partial charge in [-0.3, -0.25) is 19.5 Å². The Labute approximate surface area is 186 Å². The summed E-state index contributed by atoms with van der Waals surface area (Å²) in [5.41, 5.74) is 1.57. The highest BCUT2D eigenvalue weighted by Gasteiger charge is 2.22. The van der Waals surface area contributed by atoms with Crippen LogP contribution in [0.2, 0.25) is 0 Å². The molecule has 2 N–H and O–H groups in total. The highest BCUT2D eigenvalue weighted by atomic mass is 16.5. The van der Waals surface area contributed by atoms with Crippen LogP contribution in [-0.2, 0) is 16.0 Å². The first kappa shape index (κ1) is 21.6. The molecule has 1 saturated heterocycles. The van der Waals surface area contributed by atoms with Crippen LogP contribution in [0.15, 0.2) is 59.4 Å². The van der Waals surface area contributed by atoms with Crippen molar-refractivity contribution in [2.24, 2.45) is 0 Å². The number of hydrogen-bond donors (Lipinski definition) is 2. The van der Waals surface area contributed by atoms with Crippen molar-refractivity contribution in [3.8, 4) is 11.4 Å². The lowest BCUT2D eigenvalue weighted by atomic mass is 10.0. The van der Waals surface area contributed by atoms with E-state index in [1.165, 1.54) is 0 Å². The number of carbonyl (C=O) groups is 2. The summed E-state index contributed by atoms with van der Waals surface area (Å²) >= 11 is 0. The number of pyridine rings is 1. The minimum Gasteiger partial charge on any atom is -0.353 e. The van der Waals surface area contributed by atoms with Gasteiger partial charge in [-0.25, -0.2) is 0 Å². The van der Waals surface area contributed by atoms with Crippen molar-refractivity contribution in [3.63, 3.8) is 0 Å². The van der Waals surface area contributed by atoms with Gasteiger partial charge in [-0.1, -0.05) is 23.4 Å². The molecule has 9 heteroatoms. The SMILES string of the molecule is O=C(CN1CCC(NC(=O)CCc2nc(-c3cccnc3)no2)CC1)Nc1ccccc1. The molecular weight excluding hydrogens is 408 g/mol. The zero-order valence-electron chi connectivity index (χ0n) is 17.7. The molecule has 0 spiro atoms. The van der Waals surface area contributed by atoms with Gasteiger partial charge >= 0.3 is 0 Å². The van der Waals surface area contributed by atoms with Crippen LogP contribution in [0.25, 0.3) is 11.4 Å². The average molecular weight is 435 g/mol. The van der Waals surface area contributed by atoms with Crippen LogP contribution in [-0.4, -0.2) is 57.5 Å². The fourth-order valence-electron chi connectivity index (χ4n) is 3.65. The molecule has 0 atom stereocenters. The van der Waals surface area contributed by atoms with Crippen molar-refractivity contribution in [2.45, 2.75) is 31.7 Å². The van der Waals surface area contributed by atoms with E-state index in [2.05, 4.69) is 30.7 Å². The molecule has 1 aliphatic rings. The monoisotopic (exact) mass is 434 g/mol.